The summed E-state index contributed by atoms with van der Waals surface area (Å²) >= 11 is 3.30. The van der Waals surface area contributed by atoms with E-state index in [2.05, 4.69) is 20.9 Å². The van der Waals surface area contributed by atoms with Crippen LogP contribution < -0.4 is 0 Å². The molecule has 100 valence electrons. The van der Waals surface area contributed by atoms with E-state index in [0.717, 1.165) is 10.2 Å². The Kier molecular flexibility index (Phi) is 5.05. The van der Waals surface area contributed by atoms with Crippen molar-refractivity contribution in [3.05, 3.63) is 64.1 Å². The highest BCUT2D eigenvalue weighted by atomic mass is 79.9. The number of benzene rings is 1. The molecule has 2 rings (SSSR count). The molecule has 0 radical (unpaired) electrons. The van der Waals surface area contributed by atoms with Crippen LogP contribution in [0.15, 0.2) is 47.1 Å². The Morgan fingerprint density at radius 2 is 2.11 bits per heavy atom. The van der Waals surface area contributed by atoms with Gasteiger partial charge >= 0.3 is 0 Å². The molecule has 1 heterocycles. The number of halogens is 2. The number of aryl methyl sites for hydroxylation is 1. The molecule has 2 nitrogen and oxygen atoms in total. The van der Waals surface area contributed by atoms with Crippen LogP contribution in [-0.2, 0) is 12.8 Å². The van der Waals surface area contributed by atoms with Crippen LogP contribution in [0.5, 0.6) is 0 Å². The van der Waals surface area contributed by atoms with E-state index in [4.69, 9.17) is 0 Å². The largest absolute Gasteiger partial charge is 0.393 e. The topological polar surface area (TPSA) is 33.1 Å². The summed E-state index contributed by atoms with van der Waals surface area (Å²) in [6, 6.07) is 10.5. The van der Waals surface area contributed by atoms with Gasteiger partial charge < -0.3 is 5.11 Å². The number of nitrogens with zero attached hydrogens (tertiary/aromatic N) is 1. The fourth-order valence-electron chi connectivity index (χ4n) is 1.92. The first kappa shape index (κ1) is 14.2. The Balaban J connectivity index is 1.90. The number of rotatable bonds is 5. The number of aromatic nitrogens is 1. The molecule has 0 saturated heterocycles. The van der Waals surface area contributed by atoms with Gasteiger partial charge in [-0.15, -0.1) is 0 Å². The molecule has 0 bridgehead atoms. The third-order valence-electron chi connectivity index (χ3n) is 2.92. The van der Waals surface area contributed by atoms with Crippen LogP contribution in [0.1, 0.15) is 17.7 Å². The van der Waals surface area contributed by atoms with E-state index in [1.807, 2.05) is 18.2 Å². The van der Waals surface area contributed by atoms with Crippen molar-refractivity contribution in [2.24, 2.45) is 0 Å². The molecule has 0 aliphatic rings. The highest BCUT2D eigenvalue weighted by Crippen LogP contribution is 2.18. The summed E-state index contributed by atoms with van der Waals surface area (Å²) in [6.45, 7) is 0. The zero-order valence-electron chi connectivity index (χ0n) is 10.4. The van der Waals surface area contributed by atoms with Gasteiger partial charge in [-0.25, -0.2) is 4.39 Å². The van der Waals surface area contributed by atoms with Gasteiger partial charge in [0, 0.05) is 22.8 Å². The minimum Gasteiger partial charge on any atom is -0.393 e. The molecule has 2 aromatic rings. The summed E-state index contributed by atoms with van der Waals surface area (Å²) in [5.41, 5.74) is 1.47. The lowest BCUT2D eigenvalue weighted by molar-refractivity contribution is 0.163. The van der Waals surface area contributed by atoms with Crippen molar-refractivity contribution in [2.75, 3.05) is 0 Å². The van der Waals surface area contributed by atoms with E-state index >= 15 is 0 Å². The molecule has 4 heteroatoms. The summed E-state index contributed by atoms with van der Waals surface area (Å²) in [6.07, 6.45) is 2.75. The lowest BCUT2D eigenvalue weighted by Gasteiger charge is -2.11. The first-order chi connectivity index (χ1) is 9.15. The first-order valence-corrected chi connectivity index (χ1v) is 6.96. The quantitative estimate of drug-likeness (QED) is 0.913. The molecule has 19 heavy (non-hydrogen) atoms. The summed E-state index contributed by atoms with van der Waals surface area (Å²) in [7, 11) is 0. The molecule has 1 unspecified atom stereocenters. The maximum Gasteiger partial charge on any atom is 0.126 e. The predicted molar refractivity (Wildman–Crippen MR) is 76.4 cm³/mol. The number of aliphatic hydroxyl groups excluding tert-OH is 1. The normalized spacial score (nSPS) is 12.4. The van der Waals surface area contributed by atoms with Gasteiger partial charge in [-0.1, -0.05) is 22.0 Å². The number of hydrogen-bond donors (Lipinski definition) is 1. The smallest absolute Gasteiger partial charge is 0.126 e. The third-order valence-corrected chi connectivity index (χ3v) is 3.42. The van der Waals surface area contributed by atoms with Gasteiger partial charge in [0.15, 0.2) is 0 Å². The van der Waals surface area contributed by atoms with Crippen LogP contribution in [0.3, 0.4) is 0 Å². The van der Waals surface area contributed by atoms with Crippen molar-refractivity contribution in [3.8, 4) is 0 Å². The molecule has 1 aromatic heterocycles. The molecule has 1 atom stereocenters. The number of aliphatic hydroxyl groups is 1. The average molecular weight is 324 g/mol. The zero-order valence-corrected chi connectivity index (χ0v) is 12.0. The molecule has 0 aliphatic carbocycles. The standard InChI is InChI=1S/C15H15BrFNO/c16-12-4-7-15(17)11(9-12)10-14(19)6-5-13-3-1-2-8-18-13/h1-4,7-9,14,19H,5-6,10H2. The monoisotopic (exact) mass is 323 g/mol. The van der Waals surface area contributed by atoms with Gasteiger partial charge in [0.1, 0.15) is 5.82 Å². The number of pyridine rings is 1. The molecule has 0 saturated carbocycles. The maximum absolute atomic E-state index is 13.5. The summed E-state index contributed by atoms with van der Waals surface area (Å²) < 4.78 is 14.4. The fourth-order valence-corrected chi connectivity index (χ4v) is 2.32. The van der Waals surface area contributed by atoms with Crippen LogP contribution in [0.4, 0.5) is 4.39 Å². The van der Waals surface area contributed by atoms with Crippen LogP contribution in [0, 0.1) is 5.82 Å². The van der Waals surface area contributed by atoms with Crippen LogP contribution in [-0.4, -0.2) is 16.2 Å². The summed E-state index contributed by atoms with van der Waals surface area (Å²) in [5, 5.41) is 9.97. The van der Waals surface area contributed by atoms with E-state index in [1.54, 1.807) is 18.3 Å². The minimum atomic E-state index is -0.564. The average Bonchev–Trinajstić information content (AvgIpc) is 2.42. The van der Waals surface area contributed by atoms with Crippen molar-refractivity contribution in [1.82, 2.24) is 4.98 Å². The lowest BCUT2D eigenvalue weighted by Crippen LogP contribution is -2.13. The van der Waals surface area contributed by atoms with Crippen LogP contribution >= 0.6 is 15.9 Å². The van der Waals surface area contributed by atoms with Crippen LogP contribution in [0.2, 0.25) is 0 Å². The SMILES string of the molecule is OC(CCc1ccccn1)Cc1cc(Br)ccc1F. The van der Waals surface area contributed by atoms with Crippen molar-refractivity contribution in [3.63, 3.8) is 0 Å². The van der Waals surface area contributed by atoms with E-state index in [-0.39, 0.29) is 5.82 Å². The molecule has 1 N–H and O–H groups in total. The van der Waals surface area contributed by atoms with Gasteiger partial charge in [-0.05, 0) is 48.7 Å². The van der Waals surface area contributed by atoms with Gasteiger partial charge in [0.05, 0.1) is 6.10 Å². The Morgan fingerprint density at radius 1 is 1.26 bits per heavy atom. The Bertz CT molecular complexity index is 533. The second kappa shape index (κ2) is 6.78. The van der Waals surface area contributed by atoms with Crippen molar-refractivity contribution >= 4 is 15.9 Å². The Hall–Kier alpha value is -1.26. The maximum atomic E-state index is 13.5. The Morgan fingerprint density at radius 3 is 2.84 bits per heavy atom. The molecule has 0 spiro atoms. The predicted octanol–water partition coefficient (Wildman–Crippen LogP) is 3.52. The molecular formula is C15H15BrFNO. The molecular weight excluding hydrogens is 309 g/mol. The Labute approximate surface area is 120 Å². The molecule has 0 aliphatic heterocycles. The van der Waals surface area contributed by atoms with Crippen molar-refractivity contribution in [2.45, 2.75) is 25.4 Å². The van der Waals surface area contributed by atoms with Gasteiger partial charge in [-0.2, -0.15) is 0 Å². The van der Waals surface area contributed by atoms with Crippen molar-refractivity contribution < 1.29 is 9.50 Å². The lowest BCUT2D eigenvalue weighted by atomic mass is 10.0. The second-order valence-corrected chi connectivity index (χ2v) is 5.37. The van der Waals surface area contributed by atoms with E-state index in [1.165, 1.54) is 6.07 Å². The highest BCUT2D eigenvalue weighted by molar-refractivity contribution is 9.10. The summed E-state index contributed by atoms with van der Waals surface area (Å²) in [4.78, 5) is 4.20. The molecule has 1 aromatic carbocycles. The fraction of sp³-hybridized carbons (Fsp3) is 0.267. The highest BCUT2D eigenvalue weighted by Gasteiger charge is 2.10. The molecule has 0 amide bonds. The van der Waals surface area contributed by atoms with E-state index < -0.39 is 6.10 Å². The second-order valence-electron chi connectivity index (χ2n) is 4.45. The zero-order chi connectivity index (χ0) is 13.7. The first-order valence-electron chi connectivity index (χ1n) is 6.17. The van der Waals surface area contributed by atoms with Crippen LogP contribution in [0.25, 0.3) is 0 Å². The van der Waals surface area contributed by atoms with E-state index in [0.29, 0.717) is 24.8 Å². The van der Waals surface area contributed by atoms with Gasteiger partial charge in [0.2, 0.25) is 0 Å². The summed E-state index contributed by atoms with van der Waals surface area (Å²) in [5.74, 6) is -0.278. The number of hydrogen-bond acceptors (Lipinski definition) is 2. The van der Waals surface area contributed by atoms with E-state index in [9.17, 15) is 9.50 Å². The van der Waals surface area contributed by atoms with Gasteiger partial charge in [-0.3, -0.25) is 4.98 Å². The minimum absolute atomic E-state index is 0.278. The van der Waals surface area contributed by atoms with Crippen molar-refractivity contribution in [1.29, 1.82) is 0 Å². The molecule has 0 fully saturated rings. The van der Waals surface area contributed by atoms with Gasteiger partial charge in [0.25, 0.3) is 0 Å². The third kappa shape index (κ3) is 4.40.